The highest BCUT2D eigenvalue weighted by atomic mass is 16.4. The monoisotopic (exact) mass is 312 g/mol. The molecule has 4 bridgehead atoms. The van der Waals surface area contributed by atoms with Crippen LogP contribution in [0.4, 0.5) is 0 Å². The van der Waals surface area contributed by atoms with E-state index in [0.717, 1.165) is 0 Å². The molecule has 4 saturated carbocycles. The van der Waals surface area contributed by atoms with E-state index in [0.29, 0.717) is 0 Å². The van der Waals surface area contributed by atoms with Crippen molar-refractivity contribution in [1.82, 2.24) is 0 Å². The lowest BCUT2D eigenvalue weighted by molar-refractivity contribution is -0.205. The highest BCUT2D eigenvalue weighted by Gasteiger charge is 2.68. The lowest BCUT2D eigenvalue weighted by Gasteiger charge is -2.60. The Labute approximate surface area is 124 Å². The second-order valence-corrected chi connectivity index (χ2v) is 6.58. The van der Waals surface area contributed by atoms with Crippen molar-refractivity contribution >= 4 is 23.9 Å². The summed E-state index contributed by atoms with van der Waals surface area (Å²) in [5.74, 6) is -11.6. The Morgan fingerprint density at radius 1 is 0.500 bits per heavy atom. The van der Waals surface area contributed by atoms with E-state index in [1.807, 2.05) is 0 Å². The summed E-state index contributed by atoms with van der Waals surface area (Å²) in [6, 6.07) is 0. The molecule has 0 aromatic heterocycles. The maximum Gasteiger partial charge on any atom is 0.307 e. The Morgan fingerprint density at radius 2 is 0.682 bits per heavy atom. The standard InChI is InChI=1S/C14H16O8/c15-11(16)7-3-1-4-9(13(19)20)5(7)2-6(8(3)12(17)18)10(4)14(21)22/h3-10H,1-2H2,(H,15,16)(H,17,18)(H,19,20)(H,21,22). The van der Waals surface area contributed by atoms with Gasteiger partial charge in [-0.1, -0.05) is 0 Å². The minimum absolute atomic E-state index is 0.0366. The molecule has 22 heavy (non-hydrogen) atoms. The van der Waals surface area contributed by atoms with Gasteiger partial charge in [0.05, 0.1) is 23.7 Å². The van der Waals surface area contributed by atoms with Crippen LogP contribution >= 0.6 is 0 Å². The predicted molar refractivity (Wildman–Crippen MR) is 67.7 cm³/mol. The minimum atomic E-state index is -1.18. The molecule has 4 fully saturated rings. The third-order valence-corrected chi connectivity index (χ3v) is 5.92. The Hall–Kier alpha value is -2.12. The van der Waals surface area contributed by atoms with Gasteiger partial charge in [0.1, 0.15) is 0 Å². The van der Waals surface area contributed by atoms with Gasteiger partial charge < -0.3 is 20.4 Å². The third kappa shape index (κ3) is 1.75. The first-order chi connectivity index (χ1) is 10.3. The van der Waals surface area contributed by atoms with E-state index in [1.54, 1.807) is 0 Å². The molecule has 0 aromatic rings. The number of carboxylic acid groups (broad SMARTS) is 4. The fraction of sp³-hybridized carbons (Fsp3) is 0.714. The van der Waals surface area contributed by atoms with Crippen LogP contribution in [-0.4, -0.2) is 44.3 Å². The zero-order valence-corrected chi connectivity index (χ0v) is 11.5. The fourth-order valence-corrected chi connectivity index (χ4v) is 5.43. The molecule has 4 rings (SSSR count). The van der Waals surface area contributed by atoms with Crippen LogP contribution in [0.2, 0.25) is 0 Å². The number of aliphatic carboxylic acids is 4. The lowest BCUT2D eigenvalue weighted by atomic mass is 9.41. The number of carboxylic acids is 4. The van der Waals surface area contributed by atoms with Crippen molar-refractivity contribution in [2.45, 2.75) is 12.8 Å². The Kier molecular flexibility index (Phi) is 3.15. The molecule has 0 unspecified atom stereocenters. The van der Waals surface area contributed by atoms with E-state index in [9.17, 15) is 39.6 Å². The summed E-state index contributed by atoms with van der Waals surface area (Å²) in [7, 11) is 0. The summed E-state index contributed by atoms with van der Waals surface area (Å²) >= 11 is 0. The van der Waals surface area contributed by atoms with Crippen LogP contribution < -0.4 is 0 Å². The molecule has 0 radical (unpaired) electrons. The number of rotatable bonds is 4. The van der Waals surface area contributed by atoms with Gasteiger partial charge in [-0.05, 0) is 36.5 Å². The molecule has 0 aliphatic heterocycles. The Morgan fingerprint density at radius 3 is 0.818 bits per heavy atom. The molecule has 0 atom stereocenters. The van der Waals surface area contributed by atoms with Gasteiger partial charge in [-0.2, -0.15) is 0 Å². The van der Waals surface area contributed by atoms with E-state index in [2.05, 4.69) is 0 Å². The van der Waals surface area contributed by atoms with Crippen LogP contribution in [0, 0.1) is 47.3 Å². The average Bonchev–Trinajstić information content (AvgIpc) is 2.35. The van der Waals surface area contributed by atoms with E-state index in [4.69, 9.17) is 0 Å². The van der Waals surface area contributed by atoms with Crippen molar-refractivity contribution in [1.29, 1.82) is 0 Å². The molecular weight excluding hydrogens is 296 g/mol. The molecule has 4 aliphatic carbocycles. The molecule has 120 valence electrons. The van der Waals surface area contributed by atoms with Crippen molar-refractivity contribution in [2.24, 2.45) is 47.3 Å². The van der Waals surface area contributed by atoms with E-state index < -0.39 is 71.2 Å². The van der Waals surface area contributed by atoms with Gasteiger partial charge in [0, 0.05) is 0 Å². The Balaban J connectivity index is 2.09. The van der Waals surface area contributed by atoms with Gasteiger partial charge >= 0.3 is 23.9 Å². The average molecular weight is 312 g/mol. The molecule has 8 heteroatoms. The van der Waals surface area contributed by atoms with Crippen LogP contribution in [0.5, 0.6) is 0 Å². The number of hydrogen-bond donors (Lipinski definition) is 4. The number of carbonyl (C=O) groups is 4. The van der Waals surface area contributed by atoms with Gasteiger partial charge in [-0.3, -0.25) is 19.2 Å². The van der Waals surface area contributed by atoms with Crippen molar-refractivity contribution in [3.63, 3.8) is 0 Å². The highest BCUT2D eigenvalue weighted by Crippen LogP contribution is 2.63. The highest BCUT2D eigenvalue weighted by molar-refractivity contribution is 5.82. The van der Waals surface area contributed by atoms with Gasteiger partial charge in [-0.15, -0.1) is 0 Å². The van der Waals surface area contributed by atoms with E-state index >= 15 is 0 Å². The topological polar surface area (TPSA) is 149 Å². The predicted octanol–water partition coefficient (Wildman–Crippen LogP) is 0.0754. The van der Waals surface area contributed by atoms with Crippen LogP contribution in [0.15, 0.2) is 0 Å². The summed E-state index contributed by atoms with van der Waals surface area (Å²) < 4.78 is 0. The van der Waals surface area contributed by atoms with Gasteiger partial charge in [0.2, 0.25) is 0 Å². The van der Waals surface area contributed by atoms with Gasteiger partial charge in [0.15, 0.2) is 0 Å². The fourth-order valence-electron chi connectivity index (χ4n) is 5.43. The van der Waals surface area contributed by atoms with Crippen molar-refractivity contribution in [3.05, 3.63) is 0 Å². The number of hydrogen-bond acceptors (Lipinski definition) is 4. The smallest absolute Gasteiger partial charge is 0.307 e. The second kappa shape index (κ2) is 4.69. The van der Waals surface area contributed by atoms with Crippen LogP contribution in [0.3, 0.4) is 0 Å². The zero-order chi connectivity index (χ0) is 16.3. The molecule has 0 saturated heterocycles. The van der Waals surface area contributed by atoms with Crippen molar-refractivity contribution in [2.75, 3.05) is 0 Å². The summed E-state index contributed by atoms with van der Waals surface area (Å²) in [4.78, 5) is 46.2. The largest absolute Gasteiger partial charge is 0.481 e. The Bertz CT molecular complexity index is 455. The summed E-state index contributed by atoms with van der Waals surface area (Å²) in [5.41, 5.74) is 0. The van der Waals surface area contributed by atoms with Gasteiger partial charge in [-0.25, -0.2) is 0 Å². The molecule has 0 spiro atoms. The molecule has 0 aromatic carbocycles. The molecule has 0 amide bonds. The third-order valence-electron chi connectivity index (χ3n) is 5.92. The maximum atomic E-state index is 11.5. The van der Waals surface area contributed by atoms with Crippen molar-refractivity contribution in [3.8, 4) is 0 Å². The first kappa shape index (κ1) is 14.8. The van der Waals surface area contributed by atoms with Gasteiger partial charge in [0.25, 0.3) is 0 Å². The maximum absolute atomic E-state index is 11.5. The molecule has 4 N–H and O–H groups in total. The lowest BCUT2D eigenvalue weighted by Crippen LogP contribution is -2.64. The first-order valence-corrected chi connectivity index (χ1v) is 7.17. The van der Waals surface area contributed by atoms with E-state index in [-0.39, 0.29) is 12.8 Å². The quantitative estimate of drug-likeness (QED) is 0.570. The van der Waals surface area contributed by atoms with Crippen LogP contribution in [0.25, 0.3) is 0 Å². The summed E-state index contributed by atoms with van der Waals surface area (Å²) in [6.07, 6.45) is 0.0731. The molecule has 8 nitrogen and oxygen atoms in total. The first-order valence-electron chi connectivity index (χ1n) is 7.17. The molecule has 0 heterocycles. The normalized spacial score (nSPS) is 45.5. The molecule has 4 aliphatic rings. The SMILES string of the molecule is O=C(O)C1C2CC3C(C(=O)O)C1CC(C2C(=O)O)C3C(=O)O. The summed E-state index contributed by atoms with van der Waals surface area (Å²) in [5, 5.41) is 37.7. The second-order valence-electron chi connectivity index (χ2n) is 6.58. The minimum Gasteiger partial charge on any atom is -0.481 e. The summed E-state index contributed by atoms with van der Waals surface area (Å²) in [6.45, 7) is 0. The van der Waals surface area contributed by atoms with Crippen molar-refractivity contribution < 1.29 is 39.6 Å². The van der Waals surface area contributed by atoms with E-state index in [1.165, 1.54) is 0 Å². The van der Waals surface area contributed by atoms with Crippen LogP contribution in [0.1, 0.15) is 12.8 Å². The zero-order valence-electron chi connectivity index (χ0n) is 11.5. The molecular formula is C14H16O8. The van der Waals surface area contributed by atoms with Crippen LogP contribution in [-0.2, 0) is 19.2 Å².